The summed E-state index contributed by atoms with van der Waals surface area (Å²) in [6.07, 6.45) is 3.33. The molecule has 1 aromatic heterocycles. The fourth-order valence-electron chi connectivity index (χ4n) is 1.94. The van der Waals surface area contributed by atoms with E-state index < -0.39 is 0 Å². The first-order chi connectivity index (χ1) is 7.72. The van der Waals surface area contributed by atoms with Crippen LogP contribution >= 0.6 is 0 Å². The minimum atomic E-state index is -0.109. The maximum Gasteiger partial charge on any atom is 0.309 e. The van der Waals surface area contributed by atoms with E-state index in [0.29, 0.717) is 11.5 Å². The van der Waals surface area contributed by atoms with Crippen molar-refractivity contribution in [2.24, 2.45) is 5.73 Å². The first kappa shape index (κ1) is 11.1. The molecule has 0 aliphatic carbocycles. The zero-order chi connectivity index (χ0) is 11.5. The molecule has 0 unspecified atom stereocenters. The molecule has 1 amide bonds. The second-order valence-corrected chi connectivity index (χ2v) is 4.08. The Morgan fingerprint density at radius 1 is 1.44 bits per heavy atom. The van der Waals surface area contributed by atoms with Crippen molar-refractivity contribution in [1.29, 1.82) is 0 Å². The highest BCUT2D eigenvalue weighted by Crippen LogP contribution is 2.15. The summed E-state index contributed by atoms with van der Waals surface area (Å²) in [5.41, 5.74) is 6.19. The van der Waals surface area contributed by atoms with Crippen molar-refractivity contribution in [3.8, 4) is 0 Å². The van der Waals surface area contributed by atoms with Gasteiger partial charge in [-0.1, -0.05) is 0 Å². The van der Waals surface area contributed by atoms with Crippen LogP contribution in [0, 0.1) is 6.92 Å². The van der Waals surface area contributed by atoms with Crippen molar-refractivity contribution < 1.29 is 9.21 Å². The Labute approximate surface area is 94.6 Å². The lowest BCUT2D eigenvalue weighted by Crippen LogP contribution is -2.35. The van der Waals surface area contributed by atoms with Gasteiger partial charge in [-0.25, -0.2) is 4.98 Å². The van der Waals surface area contributed by atoms with Crippen LogP contribution in [-0.4, -0.2) is 28.9 Å². The maximum absolute atomic E-state index is 12.0. The number of piperidine rings is 1. The zero-order valence-corrected chi connectivity index (χ0v) is 9.53. The van der Waals surface area contributed by atoms with E-state index in [0.717, 1.165) is 25.9 Å². The molecule has 2 rings (SSSR count). The van der Waals surface area contributed by atoms with Gasteiger partial charge in [0.05, 0.1) is 12.2 Å². The van der Waals surface area contributed by atoms with Crippen LogP contribution < -0.4 is 5.73 Å². The lowest BCUT2D eigenvalue weighted by molar-refractivity contribution is 0.0682. The first-order valence-electron chi connectivity index (χ1n) is 5.68. The Hall–Kier alpha value is -1.36. The maximum atomic E-state index is 12.0. The Kier molecular flexibility index (Phi) is 3.24. The highest BCUT2D eigenvalue weighted by Gasteiger charge is 2.23. The first-order valence-corrected chi connectivity index (χ1v) is 5.68. The molecule has 0 atom stereocenters. The van der Waals surface area contributed by atoms with Crippen LogP contribution in [0.2, 0.25) is 0 Å². The summed E-state index contributed by atoms with van der Waals surface area (Å²) in [4.78, 5) is 17.9. The van der Waals surface area contributed by atoms with Gasteiger partial charge in [-0.3, -0.25) is 4.79 Å². The molecule has 1 aliphatic rings. The summed E-state index contributed by atoms with van der Waals surface area (Å²) < 4.78 is 5.35. The van der Waals surface area contributed by atoms with Gasteiger partial charge in [-0.2, -0.15) is 0 Å². The molecule has 0 bridgehead atoms. The standard InChI is InChI=1S/C11H17N3O2/c1-8-9(7-12)16-10(13-8)11(15)14-5-3-2-4-6-14/h2-7,12H2,1H3. The zero-order valence-electron chi connectivity index (χ0n) is 9.53. The Morgan fingerprint density at radius 3 is 2.69 bits per heavy atom. The molecule has 0 saturated carbocycles. The second kappa shape index (κ2) is 4.65. The van der Waals surface area contributed by atoms with Gasteiger partial charge >= 0.3 is 5.91 Å². The predicted octanol–water partition coefficient (Wildman–Crippen LogP) is 1.07. The molecule has 2 heterocycles. The van der Waals surface area contributed by atoms with Crippen molar-refractivity contribution in [2.45, 2.75) is 32.7 Å². The molecule has 2 N–H and O–H groups in total. The molecular weight excluding hydrogens is 206 g/mol. The number of hydrogen-bond donors (Lipinski definition) is 1. The van der Waals surface area contributed by atoms with E-state index in [9.17, 15) is 4.79 Å². The summed E-state index contributed by atoms with van der Waals surface area (Å²) in [6, 6.07) is 0. The monoisotopic (exact) mass is 223 g/mol. The van der Waals surface area contributed by atoms with Crippen molar-refractivity contribution in [2.75, 3.05) is 13.1 Å². The normalized spacial score (nSPS) is 16.5. The van der Waals surface area contributed by atoms with Crippen molar-refractivity contribution in [3.05, 3.63) is 17.3 Å². The smallest absolute Gasteiger partial charge is 0.309 e. The van der Waals surface area contributed by atoms with Crippen molar-refractivity contribution in [1.82, 2.24) is 9.88 Å². The molecule has 0 spiro atoms. The number of carbonyl (C=O) groups is 1. The summed E-state index contributed by atoms with van der Waals surface area (Å²) in [5.74, 6) is 0.669. The average Bonchev–Trinajstić information content (AvgIpc) is 2.71. The third-order valence-electron chi connectivity index (χ3n) is 2.90. The summed E-state index contributed by atoms with van der Waals surface area (Å²) >= 11 is 0. The fraction of sp³-hybridized carbons (Fsp3) is 0.636. The summed E-state index contributed by atoms with van der Waals surface area (Å²) in [7, 11) is 0. The molecule has 1 aromatic rings. The minimum absolute atomic E-state index is 0.109. The van der Waals surface area contributed by atoms with Crippen LogP contribution in [0.1, 0.15) is 41.4 Å². The molecule has 88 valence electrons. The van der Waals surface area contributed by atoms with Gasteiger partial charge in [-0.15, -0.1) is 0 Å². The van der Waals surface area contributed by atoms with Crippen LogP contribution in [-0.2, 0) is 6.54 Å². The molecule has 5 nitrogen and oxygen atoms in total. The average molecular weight is 223 g/mol. The van der Waals surface area contributed by atoms with Gasteiger partial charge < -0.3 is 15.1 Å². The van der Waals surface area contributed by atoms with Gasteiger partial charge in [0.25, 0.3) is 5.89 Å². The van der Waals surface area contributed by atoms with Crippen LogP contribution in [0.15, 0.2) is 4.42 Å². The quantitative estimate of drug-likeness (QED) is 0.814. The van der Waals surface area contributed by atoms with E-state index in [2.05, 4.69) is 4.98 Å². The fourth-order valence-corrected chi connectivity index (χ4v) is 1.94. The Morgan fingerprint density at radius 2 is 2.12 bits per heavy atom. The van der Waals surface area contributed by atoms with Gasteiger partial charge in [0.15, 0.2) is 0 Å². The molecule has 16 heavy (non-hydrogen) atoms. The summed E-state index contributed by atoms with van der Waals surface area (Å²) in [5, 5.41) is 0. The van der Waals surface area contributed by atoms with Crippen LogP contribution in [0.25, 0.3) is 0 Å². The number of hydrogen-bond acceptors (Lipinski definition) is 4. The number of amides is 1. The number of likely N-dealkylation sites (tertiary alicyclic amines) is 1. The third kappa shape index (κ3) is 2.09. The molecular formula is C11H17N3O2. The molecule has 1 fully saturated rings. The van der Waals surface area contributed by atoms with Crippen LogP contribution in [0.4, 0.5) is 0 Å². The molecule has 1 saturated heterocycles. The molecule has 0 aromatic carbocycles. The third-order valence-corrected chi connectivity index (χ3v) is 2.90. The highest BCUT2D eigenvalue weighted by molar-refractivity contribution is 5.89. The molecule has 1 aliphatic heterocycles. The van der Waals surface area contributed by atoms with E-state index in [4.69, 9.17) is 10.2 Å². The summed E-state index contributed by atoms with van der Waals surface area (Å²) in [6.45, 7) is 3.70. The number of oxazole rings is 1. The van der Waals surface area contributed by atoms with E-state index in [1.807, 2.05) is 0 Å². The van der Waals surface area contributed by atoms with Gasteiger partial charge in [0, 0.05) is 13.1 Å². The second-order valence-electron chi connectivity index (χ2n) is 4.08. The van der Waals surface area contributed by atoms with E-state index in [1.165, 1.54) is 6.42 Å². The van der Waals surface area contributed by atoms with Gasteiger partial charge in [-0.05, 0) is 26.2 Å². The number of aryl methyl sites for hydroxylation is 1. The Bertz CT molecular complexity index is 381. The number of rotatable bonds is 2. The lowest BCUT2D eigenvalue weighted by Gasteiger charge is -2.25. The van der Waals surface area contributed by atoms with Gasteiger partial charge in [0.2, 0.25) is 0 Å². The van der Waals surface area contributed by atoms with Crippen LogP contribution in [0.5, 0.6) is 0 Å². The number of nitrogens with zero attached hydrogens (tertiary/aromatic N) is 2. The largest absolute Gasteiger partial charge is 0.436 e. The SMILES string of the molecule is Cc1nc(C(=O)N2CCCCC2)oc1CN. The topological polar surface area (TPSA) is 72.4 Å². The molecule has 5 heteroatoms. The lowest BCUT2D eigenvalue weighted by atomic mass is 10.1. The highest BCUT2D eigenvalue weighted by atomic mass is 16.4. The number of carbonyl (C=O) groups excluding carboxylic acids is 1. The number of aromatic nitrogens is 1. The predicted molar refractivity (Wildman–Crippen MR) is 58.9 cm³/mol. The van der Waals surface area contributed by atoms with E-state index in [-0.39, 0.29) is 18.3 Å². The number of nitrogens with two attached hydrogens (primary N) is 1. The van der Waals surface area contributed by atoms with E-state index >= 15 is 0 Å². The van der Waals surface area contributed by atoms with Crippen molar-refractivity contribution >= 4 is 5.91 Å². The minimum Gasteiger partial charge on any atom is -0.436 e. The Balaban J connectivity index is 2.13. The van der Waals surface area contributed by atoms with E-state index in [1.54, 1.807) is 11.8 Å². The van der Waals surface area contributed by atoms with Gasteiger partial charge in [0.1, 0.15) is 5.76 Å². The van der Waals surface area contributed by atoms with Crippen molar-refractivity contribution in [3.63, 3.8) is 0 Å². The van der Waals surface area contributed by atoms with Crippen LogP contribution in [0.3, 0.4) is 0 Å². The molecule has 0 radical (unpaired) electrons.